The number of ether oxygens (including phenoxy) is 3. The van der Waals surface area contributed by atoms with Crippen LogP contribution in [-0.4, -0.2) is 6.10 Å². The molecule has 0 N–H and O–H groups in total. The summed E-state index contributed by atoms with van der Waals surface area (Å²) in [7, 11) is 0. The van der Waals surface area contributed by atoms with Gasteiger partial charge in [0, 0.05) is 12.5 Å². The van der Waals surface area contributed by atoms with Crippen LogP contribution in [0.4, 0.5) is 0 Å². The second-order valence-corrected chi connectivity index (χ2v) is 5.81. The first-order chi connectivity index (χ1) is 11.8. The molecular weight excluding hydrogens is 326 g/mol. The molecule has 24 heavy (non-hydrogen) atoms. The molecular formula is C19H16ClNO3. The Labute approximate surface area is 145 Å². The summed E-state index contributed by atoms with van der Waals surface area (Å²) < 4.78 is 16.8. The molecule has 1 aromatic rings. The Balaban J connectivity index is 1.80. The molecule has 0 spiro atoms. The van der Waals surface area contributed by atoms with Gasteiger partial charge in [-0.25, -0.2) is 0 Å². The van der Waals surface area contributed by atoms with Crippen molar-refractivity contribution >= 4 is 11.6 Å². The Hall–Kier alpha value is -2.64. The van der Waals surface area contributed by atoms with Crippen molar-refractivity contribution in [3.8, 4) is 11.8 Å². The van der Waals surface area contributed by atoms with E-state index < -0.39 is 0 Å². The van der Waals surface area contributed by atoms with Crippen molar-refractivity contribution in [1.82, 2.24) is 0 Å². The number of rotatable bonds is 5. The fourth-order valence-corrected chi connectivity index (χ4v) is 2.72. The molecule has 1 unspecified atom stereocenters. The predicted molar refractivity (Wildman–Crippen MR) is 91.1 cm³/mol. The number of nitrogens with zero attached hydrogens (tertiary/aromatic N) is 1. The van der Waals surface area contributed by atoms with E-state index >= 15 is 0 Å². The summed E-state index contributed by atoms with van der Waals surface area (Å²) in [4.78, 5) is 0. The summed E-state index contributed by atoms with van der Waals surface area (Å²) in [5, 5.41) is 9.33. The Morgan fingerprint density at radius 3 is 2.92 bits per heavy atom. The molecule has 0 amide bonds. The summed E-state index contributed by atoms with van der Waals surface area (Å²) in [6.45, 7) is 0. The van der Waals surface area contributed by atoms with Gasteiger partial charge in [-0.15, -0.1) is 0 Å². The molecule has 0 saturated heterocycles. The number of hydrogen-bond acceptors (Lipinski definition) is 4. The first-order valence-electron chi connectivity index (χ1n) is 7.64. The van der Waals surface area contributed by atoms with Crippen molar-refractivity contribution in [1.29, 1.82) is 5.26 Å². The Kier molecular flexibility index (Phi) is 5.25. The van der Waals surface area contributed by atoms with Crippen LogP contribution >= 0.6 is 11.6 Å². The maximum absolute atomic E-state index is 8.97. The molecule has 0 bridgehead atoms. The van der Waals surface area contributed by atoms with Crippen LogP contribution in [0.2, 0.25) is 5.02 Å². The lowest BCUT2D eigenvalue weighted by Gasteiger charge is -2.24. The van der Waals surface area contributed by atoms with E-state index in [-0.39, 0.29) is 6.10 Å². The number of nitriles is 1. The summed E-state index contributed by atoms with van der Waals surface area (Å²) >= 11 is 6.09. The van der Waals surface area contributed by atoms with Crippen LogP contribution in [0.15, 0.2) is 66.5 Å². The summed E-state index contributed by atoms with van der Waals surface area (Å²) in [5.41, 5.74) is 1.70. The van der Waals surface area contributed by atoms with E-state index in [2.05, 4.69) is 18.2 Å². The Bertz CT molecular complexity index is 771. The maximum Gasteiger partial charge on any atom is 0.179 e. The van der Waals surface area contributed by atoms with Crippen molar-refractivity contribution in [2.75, 3.05) is 0 Å². The molecule has 1 aliphatic heterocycles. The van der Waals surface area contributed by atoms with Gasteiger partial charge in [0.2, 0.25) is 0 Å². The lowest BCUT2D eigenvalue weighted by Crippen LogP contribution is -2.22. The van der Waals surface area contributed by atoms with Gasteiger partial charge >= 0.3 is 0 Å². The standard InChI is InChI=1S/C19H16ClNO3/c20-17-11-16(7-6-15(17)12-21)24-18(19-13-22-8-9-23-19)10-14-4-2-1-3-5-14/h1-2,4,6-9,11,13,18H,3,5,10H2. The highest BCUT2D eigenvalue weighted by Gasteiger charge is 2.22. The van der Waals surface area contributed by atoms with Crippen LogP contribution in [0.5, 0.6) is 5.75 Å². The second kappa shape index (κ2) is 7.76. The predicted octanol–water partition coefficient (Wildman–Crippen LogP) is 4.98. The van der Waals surface area contributed by atoms with Crippen LogP contribution in [0.3, 0.4) is 0 Å². The van der Waals surface area contributed by atoms with Crippen LogP contribution in [0.25, 0.3) is 0 Å². The van der Waals surface area contributed by atoms with Crippen molar-refractivity contribution in [3.05, 3.63) is 77.1 Å². The number of hydrogen-bond donors (Lipinski definition) is 0. The molecule has 0 aromatic heterocycles. The molecule has 5 heteroatoms. The van der Waals surface area contributed by atoms with Crippen molar-refractivity contribution in [2.24, 2.45) is 0 Å². The third-order valence-corrected chi connectivity index (χ3v) is 4.04. The van der Waals surface area contributed by atoms with Crippen LogP contribution in [0, 0.1) is 11.3 Å². The molecule has 2 aliphatic rings. The average Bonchev–Trinajstić information content (AvgIpc) is 2.63. The zero-order valence-electron chi connectivity index (χ0n) is 12.9. The second-order valence-electron chi connectivity index (χ2n) is 5.40. The van der Waals surface area contributed by atoms with Gasteiger partial charge < -0.3 is 14.2 Å². The lowest BCUT2D eigenvalue weighted by molar-refractivity contribution is 0.139. The van der Waals surface area contributed by atoms with Gasteiger partial charge in [-0.2, -0.15) is 5.26 Å². The fraction of sp³-hybridized carbons (Fsp3) is 0.211. The third-order valence-electron chi connectivity index (χ3n) is 3.73. The number of allylic oxidation sites excluding steroid dienone is 3. The Morgan fingerprint density at radius 2 is 2.25 bits per heavy atom. The molecule has 4 nitrogen and oxygen atoms in total. The molecule has 1 heterocycles. The van der Waals surface area contributed by atoms with E-state index in [4.69, 9.17) is 31.1 Å². The zero-order chi connectivity index (χ0) is 16.8. The SMILES string of the molecule is N#Cc1ccc(OC(CC2=CC=CCC2)C2=COC=CO2)cc1Cl. The summed E-state index contributed by atoms with van der Waals surface area (Å²) in [6, 6.07) is 7.05. The van der Waals surface area contributed by atoms with Crippen molar-refractivity contribution < 1.29 is 14.2 Å². The van der Waals surface area contributed by atoms with E-state index in [9.17, 15) is 0 Å². The van der Waals surface area contributed by atoms with Crippen molar-refractivity contribution in [2.45, 2.75) is 25.4 Å². The normalized spacial score (nSPS) is 17.0. The van der Waals surface area contributed by atoms with E-state index in [1.54, 1.807) is 18.2 Å². The summed E-state index contributed by atoms with van der Waals surface area (Å²) in [6.07, 6.45) is 13.1. The number of halogens is 1. The van der Waals surface area contributed by atoms with E-state index in [1.165, 1.54) is 24.4 Å². The van der Waals surface area contributed by atoms with E-state index in [1.807, 2.05) is 6.07 Å². The van der Waals surface area contributed by atoms with Gasteiger partial charge in [-0.1, -0.05) is 35.4 Å². The van der Waals surface area contributed by atoms with Gasteiger partial charge in [-0.3, -0.25) is 0 Å². The molecule has 0 saturated carbocycles. The lowest BCUT2D eigenvalue weighted by atomic mass is 9.98. The minimum atomic E-state index is -0.336. The van der Waals surface area contributed by atoms with Crippen LogP contribution < -0.4 is 4.74 Å². The monoisotopic (exact) mass is 341 g/mol. The minimum Gasteiger partial charge on any atom is -0.482 e. The average molecular weight is 342 g/mol. The van der Waals surface area contributed by atoms with Crippen molar-refractivity contribution in [3.63, 3.8) is 0 Å². The number of benzene rings is 1. The first kappa shape index (κ1) is 16.2. The van der Waals surface area contributed by atoms with Gasteiger partial charge in [-0.05, 0) is 25.0 Å². The smallest absolute Gasteiger partial charge is 0.179 e. The quantitative estimate of drug-likeness (QED) is 0.757. The topological polar surface area (TPSA) is 51.5 Å². The molecule has 1 aliphatic carbocycles. The highest BCUT2D eigenvalue weighted by molar-refractivity contribution is 6.31. The van der Waals surface area contributed by atoms with Gasteiger partial charge in [0.25, 0.3) is 0 Å². The highest BCUT2D eigenvalue weighted by atomic mass is 35.5. The molecule has 1 atom stereocenters. The van der Waals surface area contributed by atoms with Gasteiger partial charge in [0.15, 0.2) is 11.9 Å². The molecule has 3 rings (SSSR count). The molecule has 0 fully saturated rings. The van der Waals surface area contributed by atoms with Gasteiger partial charge in [0.1, 0.15) is 30.6 Å². The third kappa shape index (κ3) is 4.01. The molecule has 122 valence electrons. The van der Waals surface area contributed by atoms with Crippen LogP contribution in [-0.2, 0) is 9.47 Å². The van der Waals surface area contributed by atoms with Gasteiger partial charge in [0.05, 0.1) is 10.6 Å². The molecule has 1 aromatic carbocycles. The Morgan fingerprint density at radius 1 is 1.33 bits per heavy atom. The largest absolute Gasteiger partial charge is 0.482 e. The zero-order valence-corrected chi connectivity index (χ0v) is 13.7. The maximum atomic E-state index is 8.97. The summed E-state index contributed by atoms with van der Waals surface area (Å²) in [5.74, 6) is 1.17. The fourth-order valence-electron chi connectivity index (χ4n) is 2.51. The first-order valence-corrected chi connectivity index (χ1v) is 8.02. The van der Waals surface area contributed by atoms with Crippen LogP contribution in [0.1, 0.15) is 24.8 Å². The highest BCUT2D eigenvalue weighted by Crippen LogP contribution is 2.28. The van der Waals surface area contributed by atoms with E-state index in [0.717, 1.165) is 12.8 Å². The minimum absolute atomic E-state index is 0.336. The molecule has 0 radical (unpaired) electrons. The van der Waals surface area contributed by atoms with E-state index in [0.29, 0.717) is 28.5 Å².